The molecule has 0 aliphatic rings. The fourth-order valence-electron chi connectivity index (χ4n) is 1.93. The summed E-state index contributed by atoms with van der Waals surface area (Å²) in [6, 6.07) is 6.88. The summed E-state index contributed by atoms with van der Waals surface area (Å²) in [5.41, 5.74) is -0.144. The lowest BCUT2D eigenvalue weighted by Crippen LogP contribution is -2.30. The molecule has 114 valence electrons. The van der Waals surface area contributed by atoms with Crippen molar-refractivity contribution in [1.82, 2.24) is 15.1 Å². The van der Waals surface area contributed by atoms with Gasteiger partial charge in [0.15, 0.2) is 0 Å². The molecule has 2 rings (SSSR count). The zero-order valence-corrected chi connectivity index (χ0v) is 11.2. The van der Waals surface area contributed by atoms with Crippen molar-refractivity contribution in [2.24, 2.45) is 0 Å². The van der Waals surface area contributed by atoms with Crippen molar-refractivity contribution in [2.75, 3.05) is 6.54 Å². The first kappa shape index (κ1) is 15.5. The number of aliphatic hydroxyl groups is 1. The Kier molecular flexibility index (Phi) is 4.98. The van der Waals surface area contributed by atoms with Crippen molar-refractivity contribution in [3.05, 3.63) is 53.9 Å². The SMILES string of the molecule is OC(CNCc1cccc(C(F)(F)F)c1)Cn1cccn1. The van der Waals surface area contributed by atoms with E-state index in [0.29, 0.717) is 12.1 Å². The molecular formula is C14H16F3N3O. The number of hydrogen-bond donors (Lipinski definition) is 2. The smallest absolute Gasteiger partial charge is 0.390 e. The van der Waals surface area contributed by atoms with Crippen LogP contribution in [-0.4, -0.2) is 27.5 Å². The van der Waals surface area contributed by atoms with E-state index in [2.05, 4.69) is 10.4 Å². The Morgan fingerprint density at radius 2 is 2.10 bits per heavy atom. The van der Waals surface area contributed by atoms with Crippen LogP contribution in [0.4, 0.5) is 13.2 Å². The Labute approximate surface area is 120 Å². The number of alkyl halides is 3. The summed E-state index contributed by atoms with van der Waals surface area (Å²) in [5, 5.41) is 16.7. The summed E-state index contributed by atoms with van der Waals surface area (Å²) in [5.74, 6) is 0. The molecule has 4 nitrogen and oxygen atoms in total. The monoisotopic (exact) mass is 299 g/mol. The van der Waals surface area contributed by atoms with Gasteiger partial charge in [0.25, 0.3) is 0 Å². The van der Waals surface area contributed by atoms with Gasteiger partial charge < -0.3 is 10.4 Å². The van der Waals surface area contributed by atoms with Crippen LogP contribution in [0.15, 0.2) is 42.7 Å². The third-order valence-electron chi connectivity index (χ3n) is 2.92. The van der Waals surface area contributed by atoms with Crippen molar-refractivity contribution in [3.63, 3.8) is 0 Å². The van der Waals surface area contributed by atoms with Gasteiger partial charge in [-0.05, 0) is 17.7 Å². The minimum Gasteiger partial charge on any atom is -0.390 e. The van der Waals surface area contributed by atoms with Gasteiger partial charge in [-0.3, -0.25) is 4.68 Å². The van der Waals surface area contributed by atoms with Crippen LogP contribution in [0, 0.1) is 0 Å². The molecule has 0 saturated heterocycles. The van der Waals surface area contributed by atoms with E-state index >= 15 is 0 Å². The van der Waals surface area contributed by atoms with Gasteiger partial charge in [-0.25, -0.2) is 0 Å². The molecular weight excluding hydrogens is 283 g/mol. The van der Waals surface area contributed by atoms with E-state index in [1.54, 1.807) is 29.2 Å². The highest BCUT2D eigenvalue weighted by atomic mass is 19.4. The average molecular weight is 299 g/mol. The van der Waals surface area contributed by atoms with Crippen LogP contribution in [0.3, 0.4) is 0 Å². The molecule has 1 aromatic carbocycles. The molecule has 1 atom stereocenters. The number of aromatic nitrogens is 2. The first-order chi connectivity index (χ1) is 9.95. The highest BCUT2D eigenvalue weighted by Gasteiger charge is 2.30. The van der Waals surface area contributed by atoms with Crippen LogP contribution < -0.4 is 5.32 Å². The van der Waals surface area contributed by atoms with Gasteiger partial charge in [-0.1, -0.05) is 18.2 Å². The van der Waals surface area contributed by atoms with Gasteiger partial charge in [0.1, 0.15) is 0 Å². The van der Waals surface area contributed by atoms with E-state index in [-0.39, 0.29) is 13.1 Å². The number of hydrogen-bond acceptors (Lipinski definition) is 3. The van der Waals surface area contributed by atoms with Crippen LogP contribution in [0.5, 0.6) is 0 Å². The Bertz CT molecular complexity index is 555. The highest BCUT2D eigenvalue weighted by Crippen LogP contribution is 2.29. The summed E-state index contributed by atoms with van der Waals surface area (Å²) in [4.78, 5) is 0. The number of nitrogens with zero attached hydrogens (tertiary/aromatic N) is 2. The maximum Gasteiger partial charge on any atom is 0.416 e. The van der Waals surface area contributed by atoms with E-state index < -0.39 is 17.8 Å². The van der Waals surface area contributed by atoms with Gasteiger partial charge in [0.05, 0.1) is 18.2 Å². The first-order valence-electron chi connectivity index (χ1n) is 6.47. The summed E-state index contributed by atoms with van der Waals surface area (Å²) in [6.07, 6.45) is -1.65. The second kappa shape index (κ2) is 6.73. The van der Waals surface area contributed by atoms with Crippen LogP contribution in [-0.2, 0) is 19.3 Å². The highest BCUT2D eigenvalue weighted by molar-refractivity contribution is 5.25. The van der Waals surface area contributed by atoms with Crippen LogP contribution in [0.1, 0.15) is 11.1 Å². The maximum atomic E-state index is 12.6. The summed E-state index contributed by atoms with van der Waals surface area (Å²) < 4.78 is 39.3. The van der Waals surface area contributed by atoms with E-state index in [9.17, 15) is 18.3 Å². The third-order valence-corrected chi connectivity index (χ3v) is 2.92. The molecule has 2 N–H and O–H groups in total. The van der Waals surface area contributed by atoms with Gasteiger partial charge >= 0.3 is 6.18 Å². The lowest BCUT2D eigenvalue weighted by Gasteiger charge is -2.13. The minimum atomic E-state index is -4.34. The molecule has 0 radical (unpaired) electrons. The number of rotatable bonds is 6. The van der Waals surface area contributed by atoms with Gasteiger partial charge in [0.2, 0.25) is 0 Å². The van der Waals surface area contributed by atoms with Crippen molar-refractivity contribution in [2.45, 2.75) is 25.4 Å². The predicted molar refractivity (Wildman–Crippen MR) is 71.4 cm³/mol. The van der Waals surface area contributed by atoms with Crippen LogP contribution >= 0.6 is 0 Å². The first-order valence-corrected chi connectivity index (χ1v) is 6.47. The lowest BCUT2D eigenvalue weighted by molar-refractivity contribution is -0.137. The molecule has 0 spiro atoms. The predicted octanol–water partition coefficient (Wildman–Crippen LogP) is 2.05. The Hall–Kier alpha value is -1.86. The standard InChI is InChI=1S/C14H16F3N3O/c15-14(16,17)12-4-1-3-11(7-12)8-18-9-13(21)10-20-6-2-5-19-20/h1-7,13,18,21H,8-10H2. The molecule has 0 aliphatic carbocycles. The normalized spacial score (nSPS) is 13.3. The van der Waals surface area contributed by atoms with Crippen LogP contribution in [0.2, 0.25) is 0 Å². The molecule has 0 bridgehead atoms. The van der Waals surface area contributed by atoms with Gasteiger partial charge in [0, 0.05) is 25.5 Å². The Balaban J connectivity index is 1.80. The lowest BCUT2D eigenvalue weighted by atomic mass is 10.1. The van der Waals surface area contributed by atoms with Gasteiger partial charge in [-0.15, -0.1) is 0 Å². The van der Waals surface area contributed by atoms with Crippen LogP contribution in [0.25, 0.3) is 0 Å². The number of aliphatic hydroxyl groups excluding tert-OH is 1. The zero-order valence-electron chi connectivity index (χ0n) is 11.2. The maximum absolute atomic E-state index is 12.6. The number of benzene rings is 1. The zero-order chi connectivity index (χ0) is 15.3. The van der Waals surface area contributed by atoms with E-state index in [4.69, 9.17) is 0 Å². The molecule has 2 aromatic rings. The van der Waals surface area contributed by atoms with E-state index in [1.165, 1.54) is 6.07 Å². The molecule has 0 amide bonds. The van der Waals surface area contributed by atoms with Crippen molar-refractivity contribution < 1.29 is 18.3 Å². The third kappa shape index (κ3) is 4.87. The van der Waals surface area contributed by atoms with Crippen molar-refractivity contribution in [1.29, 1.82) is 0 Å². The van der Waals surface area contributed by atoms with Crippen molar-refractivity contribution in [3.8, 4) is 0 Å². The van der Waals surface area contributed by atoms with Crippen molar-refractivity contribution >= 4 is 0 Å². The van der Waals surface area contributed by atoms with Gasteiger partial charge in [-0.2, -0.15) is 18.3 Å². The Morgan fingerprint density at radius 1 is 1.29 bits per heavy atom. The number of halogens is 3. The molecule has 0 saturated carbocycles. The summed E-state index contributed by atoms with van der Waals surface area (Å²) >= 11 is 0. The number of nitrogens with one attached hydrogen (secondary N) is 1. The largest absolute Gasteiger partial charge is 0.416 e. The quantitative estimate of drug-likeness (QED) is 0.858. The molecule has 1 aromatic heterocycles. The Morgan fingerprint density at radius 3 is 2.76 bits per heavy atom. The molecule has 1 heterocycles. The molecule has 0 fully saturated rings. The molecule has 21 heavy (non-hydrogen) atoms. The molecule has 1 unspecified atom stereocenters. The summed E-state index contributed by atoms with van der Waals surface area (Å²) in [7, 11) is 0. The fourth-order valence-corrected chi connectivity index (χ4v) is 1.93. The molecule has 7 heteroatoms. The fraction of sp³-hybridized carbons (Fsp3) is 0.357. The second-order valence-electron chi connectivity index (χ2n) is 4.71. The topological polar surface area (TPSA) is 50.1 Å². The van der Waals surface area contributed by atoms with E-state index in [0.717, 1.165) is 12.1 Å². The molecule has 0 aliphatic heterocycles. The second-order valence-corrected chi connectivity index (χ2v) is 4.71. The summed E-state index contributed by atoms with van der Waals surface area (Å²) in [6.45, 7) is 0.874. The minimum absolute atomic E-state index is 0.264. The van der Waals surface area contributed by atoms with E-state index in [1.807, 2.05) is 0 Å². The average Bonchev–Trinajstić information content (AvgIpc) is 2.91.